The molecule has 19 heavy (non-hydrogen) atoms. The van der Waals surface area contributed by atoms with E-state index < -0.39 is 0 Å². The Labute approximate surface area is 124 Å². The molecule has 0 radical (unpaired) electrons. The minimum Gasteiger partial charge on any atom is -0.471 e. The molecule has 1 unspecified atom stereocenters. The van der Waals surface area contributed by atoms with Crippen LogP contribution in [0.2, 0.25) is 0 Å². The van der Waals surface area contributed by atoms with Crippen molar-refractivity contribution in [2.24, 2.45) is 11.7 Å². The molecule has 0 heterocycles. The Kier molecular flexibility index (Phi) is 17.3. The smallest absolute Gasteiger partial charge is 0.253 e. The maximum absolute atomic E-state index is 8.72. The number of thiocarbonyl (C=S) groups is 1. The molecule has 4 heteroatoms. The summed E-state index contributed by atoms with van der Waals surface area (Å²) in [4.78, 5) is 0. The summed E-state index contributed by atoms with van der Waals surface area (Å²) < 4.78 is 4.96. The molecule has 0 aromatic carbocycles. The van der Waals surface area contributed by atoms with E-state index in [-0.39, 0.29) is 11.3 Å². The molecule has 0 aliphatic carbocycles. The van der Waals surface area contributed by atoms with Gasteiger partial charge in [-0.25, -0.2) is 0 Å². The van der Waals surface area contributed by atoms with E-state index in [2.05, 4.69) is 33.0 Å². The number of hydrogen-bond acceptors (Lipinski definition) is 3. The minimum atomic E-state index is -0.125. The van der Waals surface area contributed by atoms with E-state index in [0.29, 0.717) is 12.5 Å². The Morgan fingerprint density at radius 1 is 1.11 bits per heavy atom. The second-order valence-electron chi connectivity index (χ2n) is 5.41. The Hall–Kier alpha value is -0.350. The maximum Gasteiger partial charge on any atom is 0.253 e. The predicted octanol–water partition coefficient (Wildman–Crippen LogP) is 4.02. The third-order valence-electron chi connectivity index (χ3n) is 2.55. The third-order valence-corrected chi connectivity index (χ3v) is 2.67. The van der Waals surface area contributed by atoms with Crippen molar-refractivity contribution < 1.29 is 9.84 Å². The maximum atomic E-state index is 8.72. The summed E-state index contributed by atoms with van der Waals surface area (Å²) >= 11 is 4.57. The lowest BCUT2D eigenvalue weighted by Gasteiger charge is -2.04. The number of ether oxygens (including phenoxy) is 1. The van der Waals surface area contributed by atoms with Gasteiger partial charge in [0, 0.05) is 0 Å². The summed E-state index contributed by atoms with van der Waals surface area (Å²) in [5.41, 5.74) is 5.16. The van der Waals surface area contributed by atoms with Crippen molar-refractivity contribution in [3.8, 4) is 0 Å². The van der Waals surface area contributed by atoms with Crippen LogP contribution >= 0.6 is 12.2 Å². The van der Waals surface area contributed by atoms with Crippen LogP contribution in [0.1, 0.15) is 72.6 Å². The van der Waals surface area contributed by atoms with E-state index in [1.165, 1.54) is 32.1 Å². The second-order valence-corrected chi connectivity index (χ2v) is 5.82. The van der Waals surface area contributed by atoms with E-state index in [0.717, 1.165) is 12.8 Å². The summed E-state index contributed by atoms with van der Waals surface area (Å²) in [6.45, 7) is 8.93. The lowest BCUT2D eigenvalue weighted by Crippen LogP contribution is -2.13. The summed E-state index contributed by atoms with van der Waals surface area (Å²) in [5.74, 6) is 0.625. The van der Waals surface area contributed by atoms with Crippen LogP contribution in [-0.2, 0) is 4.74 Å². The average molecular weight is 292 g/mol. The monoisotopic (exact) mass is 291 g/mol. The van der Waals surface area contributed by atoms with Crippen LogP contribution in [0, 0.1) is 5.92 Å². The van der Waals surface area contributed by atoms with Crippen molar-refractivity contribution in [1.29, 1.82) is 0 Å². The molecular formula is C15H33NO2S. The highest BCUT2D eigenvalue weighted by molar-refractivity contribution is 7.80. The topological polar surface area (TPSA) is 55.5 Å². The molecular weight excluding hydrogens is 258 g/mol. The van der Waals surface area contributed by atoms with Gasteiger partial charge < -0.3 is 15.6 Å². The summed E-state index contributed by atoms with van der Waals surface area (Å²) in [7, 11) is 0. The van der Waals surface area contributed by atoms with Gasteiger partial charge in [0.25, 0.3) is 5.17 Å². The van der Waals surface area contributed by atoms with Crippen molar-refractivity contribution in [2.75, 3.05) is 6.61 Å². The van der Waals surface area contributed by atoms with Crippen molar-refractivity contribution in [2.45, 2.75) is 78.7 Å². The molecule has 0 aromatic heterocycles. The van der Waals surface area contributed by atoms with Crippen LogP contribution < -0.4 is 5.73 Å². The van der Waals surface area contributed by atoms with E-state index >= 15 is 0 Å². The number of rotatable bonds is 9. The number of hydrogen-bond donors (Lipinski definition) is 2. The zero-order valence-electron chi connectivity index (χ0n) is 13.2. The van der Waals surface area contributed by atoms with Gasteiger partial charge in [-0.2, -0.15) is 0 Å². The fraction of sp³-hybridized carbons (Fsp3) is 0.933. The molecule has 0 rings (SSSR count). The zero-order chi connectivity index (χ0) is 15.1. The molecule has 3 N–H and O–H groups in total. The SMILES string of the molecule is CC(C)CC(C)O.CCCCCCCCOC(N)=S. The van der Waals surface area contributed by atoms with Gasteiger partial charge in [0.2, 0.25) is 0 Å². The van der Waals surface area contributed by atoms with Gasteiger partial charge in [-0.1, -0.05) is 52.9 Å². The van der Waals surface area contributed by atoms with Gasteiger partial charge in [0.1, 0.15) is 0 Å². The number of unbranched alkanes of at least 4 members (excludes halogenated alkanes) is 5. The molecule has 0 saturated carbocycles. The molecule has 0 fully saturated rings. The summed E-state index contributed by atoms with van der Waals surface area (Å²) in [5, 5.41) is 8.89. The van der Waals surface area contributed by atoms with Crippen molar-refractivity contribution in [3.63, 3.8) is 0 Å². The first-order valence-corrected chi connectivity index (χ1v) is 7.91. The highest BCUT2D eigenvalue weighted by Gasteiger charge is 1.97. The first-order chi connectivity index (χ1) is 8.90. The van der Waals surface area contributed by atoms with Crippen LogP contribution in [0.4, 0.5) is 0 Å². The average Bonchev–Trinajstić information content (AvgIpc) is 2.26. The number of aliphatic hydroxyl groups is 1. The van der Waals surface area contributed by atoms with Gasteiger partial charge in [0.15, 0.2) is 0 Å². The Balaban J connectivity index is 0. The van der Waals surface area contributed by atoms with E-state index in [1.54, 1.807) is 0 Å². The molecule has 0 aliphatic rings. The first-order valence-electron chi connectivity index (χ1n) is 7.50. The lowest BCUT2D eigenvalue weighted by atomic mass is 10.1. The van der Waals surface area contributed by atoms with Gasteiger partial charge in [-0.3, -0.25) is 0 Å². The molecule has 0 spiro atoms. The normalized spacial score (nSPS) is 11.7. The highest BCUT2D eigenvalue weighted by Crippen LogP contribution is 2.04. The minimum absolute atomic E-state index is 0.125. The number of aliphatic hydroxyl groups excluding tert-OH is 1. The molecule has 0 aliphatic heterocycles. The Morgan fingerprint density at radius 3 is 2.00 bits per heavy atom. The van der Waals surface area contributed by atoms with E-state index in [1.807, 2.05) is 6.92 Å². The van der Waals surface area contributed by atoms with Crippen LogP contribution in [0.15, 0.2) is 0 Å². The summed E-state index contributed by atoms with van der Waals surface area (Å²) in [6, 6.07) is 0. The molecule has 0 aromatic rings. The highest BCUT2D eigenvalue weighted by atomic mass is 32.1. The van der Waals surface area contributed by atoms with Crippen LogP contribution in [-0.4, -0.2) is 23.0 Å². The molecule has 0 bridgehead atoms. The van der Waals surface area contributed by atoms with Crippen LogP contribution in [0.25, 0.3) is 0 Å². The van der Waals surface area contributed by atoms with Gasteiger partial charge in [-0.15, -0.1) is 0 Å². The van der Waals surface area contributed by atoms with Crippen molar-refractivity contribution in [1.82, 2.24) is 0 Å². The van der Waals surface area contributed by atoms with Gasteiger partial charge in [0.05, 0.1) is 12.7 Å². The fourth-order valence-corrected chi connectivity index (χ4v) is 1.82. The predicted molar refractivity (Wildman–Crippen MR) is 87.2 cm³/mol. The summed E-state index contributed by atoms with van der Waals surface area (Å²) in [6.07, 6.45) is 8.36. The van der Waals surface area contributed by atoms with Gasteiger partial charge in [-0.05, 0) is 37.9 Å². The standard InChI is InChI=1S/C9H19NOS.C6H14O/c1-2-3-4-5-6-7-8-11-9(10)12;1-5(2)4-6(3)7/h2-8H2,1H3,(H2,10,12);5-7H,4H2,1-3H3. The molecule has 116 valence electrons. The van der Waals surface area contributed by atoms with Gasteiger partial charge >= 0.3 is 0 Å². The van der Waals surface area contributed by atoms with E-state index in [9.17, 15) is 0 Å². The molecule has 1 atom stereocenters. The Bertz CT molecular complexity index is 191. The Morgan fingerprint density at radius 2 is 1.63 bits per heavy atom. The molecule has 0 amide bonds. The quantitative estimate of drug-likeness (QED) is 0.497. The third kappa shape index (κ3) is 27.0. The molecule has 0 saturated heterocycles. The fourth-order valence-electron chi connectivity index (χ4n) is 1.74. The lowest BCUT2D eigenvalue weighted by molar-refractivity contribution is 0.168. The van der Waals surface area contributed by atoms with Crippen molar-refractivity contribution in [3.05, 3.63) is 0 Å². The molecule has 3 nitrogen and oxygen atoms in total. The zero-order valence-corrected chi connectivity index (χ0v) is 14.0. The number of nitrogens with two attached hydrogens (primary N) is 1. The van der Waals surface area contributed by atoms with Crippen LogP contribution in [0.5, 0.6) is 0 Å². The van der Waals surface area contributed by atoms with Crippen molar-refractivity contribution >= 4 is 17.4 Å². The van der Waals surface area contributed by atoms with E-state index in [4.69, 9.17) is 15.6 Å². The largest absolute Gasteiger partial charge is 0.471 e. The second kappa shape index (κ2) is 15.7. The first kappa shape index (κ1) is 21.0. The van der Waals surface area contributed by atoms with Crippen LogP contribution in [0.3, 0.4) is 0 Å².